The van der Waals surface area contributed by atoms with Gasteiger partial charge in [0.1, 0.15) is 23.7 Å². The fraction of sp³-hybridized carbons (Fsp3) is 0.476. The number of nitrogens with one attached hydrogen (secondary N) is 4. The number of likely N-dealkylation sites (tertiary alicyclic amines) is 2. The number of halogens is 2. The number of nitrogens with zero attached hydrogens (tertiary/aromatic N) is 4. The van der Waals surface area contributed by atoms with E-state index >= 15 is 8.78 Å². The maximum atomic E-state index is 15.2. The van der Waals surface area contributed by atoms with E-state index in [-0.39, 0.29) is 36.0 Å². The lowest BCUT2D eigenvalue weighted by Gasteiger charge is -2.40. The van der Waals surface area contributed by atoms with Crippen molar-refractivity contribution >= 4 is 35.0 Å². The van der Waals surface area contributed by atoms with Crippen LogP contribution in [0.4, 0.5) is 18.4 Å². The molecule has 7 rings (SSSR count). The quantitative estimate of drug-likeness (QED) is 0.148. The van der Waals surface area contributed by atoms with Crippen molar-refractivity contribution in [1.82, 2.24) is 40.4 Å². The van der Waals surface area contributed by atoms with Crippen LogP contribution in [0, 0.1) is 29.6 Å². The lowest BCUT2D eigenvalue weighted by Crippen LogP contribution is -2.55. The summed E-state index contributed by atoms with van der Waals surface area (Å²) in [6.45, 7) is 7.86. The second kappa shape index (κ2) is 16.1. The minimum absolute atomic E-state index is 0.134. The van der Waals surface area contributed by atoms with Crippen LogP contribution in [0.5, 0.6) is 0 Å². The number of aromatic amines is 2. The molecule has 4 aromatic rings. The molecule has 4 heterocycles. The lowest BCUT2D eigenvalue weighted by molar-refractivity contribution is -0.148. The van der Waals surface area contributed by atoms with Crippen molar-refractivity contribution in [2.45, 2.75) is 89.5 Å². The normalized spacial score (nSPS) is 21.8. The van der Waals surface area contributed by atoms with E-state index in [0.717, 1.165) is 29.7 Å². The first kappa shape index (κ1) is 40.2. The topological polar surface area (TPSA) is 175 Å². The van der Waals surface area contributed by atoms with E-state index in [1.807, 2.05) is 50.4 Å². The summed E-state index contributed by atoms with van der Waals surface area (Å²) >= 11 is 0. The van der Waals surface area contributed by atoms with Gasteiger partial charge in [0.2, 0.25) is 11.8 Å². The molecule has 4 amide bonds. The number of hydrogen-bond acceptors (Lipinski definition) is 8. The predicted molar refractivity (Wildman–Crippen MR) is 209 cm³/mol. The molecule has 14 nitrogen and oxygen atoms in total. The molecule has 2 aliphatic heterocycles. The molecular formula is C42H48F2N8O6. The zero-order valence-corrected chi connectivity index (χ0v) is 33.3. The summed E-state index contributed by atoms with van der Waals surface area (Å²) < 4.78 is 39.9. The Balaban J connectivity index is 1.06. The summed E-state index contributed by atoms with van der Waals surface area (Å²) in [5, 5.41) is 5.25. The fourth-order valence-corrected chi connectivity index (χ4v) is 8.47. The molecule has 0 radical (unpaired) electrons. The molecule has 2 bridgehead atoms. The van der Waals surface area contributed by atoms with E-state index in [1.54, 1.807) is 30.9 Å². The molecule has 0 unspecified atom stereocenters. The van der Waals surface area contributed by atoms with Gasteiger partial charge < -0.3 is 39.9 Å². The van der Waals surface area contributed by atoms with Gasteiger partial charge in [-0.1, -0.05) is 51.7 Å². The van der Waals surface area contributed by atoms with Gasteiger partial charge in [0, 0.05) is 41.9 Å². The number of methoxy groups -OCH3 is 2. The van der Waals surface area contributed by atoms with Crippen LogP contribution in [0.15, 0.2) is 48.7 Å². The maximum absolute atomic E-state index is 15.2. The lowest BCUT2D eigenvalue weighted by atomic mass is 9.92. The Morgan fingerprint density at radius 2 is 1.52 bits per heavy atom. The van der Waals surface area contributed by atoms with E-state index < -0.39 is 60.5 Å². The van der Waals surface area contributed by atoms with Crippen molar-refractivity contribution in [2.24, 2.45) is 17.8 Å². The Morgan fingerprint density at radius 1 is 0.879 bits per heavy atom. The Labute approximate surface area is 334 Å². The monoisotopic (exact) mass is 798 g/mol. The summed E-state index contributed by atoms with van der Waals surface area (Å²) in [6.07, 6.45) is 1.64. The van der Waals surface area contributed by atoms with Crippen LogP contribution in [0.1, 0.15) is 88.2 Å². The highest BCUT2D eigenvalue weighted by Crippen LogP contribution is 2.57. The van der Waals surface area contributed by atoms with Crippen LogP contribution in [-0.2, 0) is 19.1 Å². The molecular weight excluding hydrogens is 751 g/mol. The number of hydrogen-bond donors (Lipinski definition) is 4. The van der Waals surface area contributed by atoms with Gasteiger partial charge >= 0.3 is 12.2 Å². The third-order valence-corrected chi connectivity index (χ3v) is 11.5. The first-order chi connectivity index (χ1) is 27.7. The fourth-order valence-electron chi connectivity index (χ4n) is 8.47. The van der Waals surface area contributed by atoms with Crippen molar-refractivity contribution in [3.05, 3.63) is 71.4 Å². The van der Waals surface area contributed by atoms with Crippen LogP contribution in [0.2, 0.25) is 0 Å². The van der Waals surface area contributed by atoms with Gasteiger partial charge in [0.15, 0.2) is 0 Å². The van der Waals surface area contributed by atoms with Crippen LogP contribution in [-0.4, -0.2) is 98.5 Å². The molecule has 6 atom stereocenters. The van der Waals surface area contributed by atoms with Gasteiger partial charge in [-0.05, 0) is 61.4 Å². The molecule has 3 aliphatic rings. The van der Waals surface area contributed by atoms with Crippen LogP contribution >= 0.6 is 0 Å². The minimum atomic E-state index is -2.97. The van der Waals surface area contributed by atoms with Crippen molar-refractivity contribution in [1.29, 1.82) is 0 Å². The van der Waals surface area contributed by atoms with Crippen molar-refractivity contribution < 1.29 is 37.4 Å². The number of carbonyl (C=O) groups excluding carboxylic acids is 4. The van der Waals surface area contributed by atoms with E-state index in [9.17, 15) is 19.2 Å². The second-order valence-electron chi connectivity index (χ2n) is 15.9. The Hall–Kier alpha value is -5.98. The number of benzene rings is 2. The Kier molecular flexibility index (Phi) is 11.2. The zero-order chi connectivity index (χ0) is 41.5. The van der Waals surface area contributed by atoms with E-state index in [2.05, 4.69) is 32.4 Å². The second-order valence-corrected chi connectivity index (χ2v) is 15.9. The van der Waals surface area contributed by atoms with Crippen LogP contribution < -0.4 is 10.6 Å². The molecule has 2 aromatic carbocycles. The van der Waals surface area contributed by atoms with E-state index in [1.165, 1.54) is 19.1 Å². The van der Waals surface area contributed by atoms with Gasteiger partial charge in [0.25, 0.3) is 5.92 Å². The van der Waals surface area contributed by atoms with Gasteiger partial charge in [-0.15, -0.1) is 0 Å². The first-order valence-electron chi connectivity index (χ1n) is 19.6. The standard InChI is InChI=1S/C42H48F2N8O6/c1-22(2)33(49-40(55)57-5)38(53)51-17-7-8-32(51)36-45-21-31(48-36)26-14-11-24(12-15-26)9-10-25-13-16-29-30(18-25)47-37(46-29)35-28-19-27(20-42(28,43)44)52(35)39(54)34(23(3)4)50-41(56)58-6/h11-16,18,21-23,27-28,32-35H,7-8,17,19-20H2,1-6H3,(H,45,48)(H,46,47)(H,49,55)(H,50,56)/t27-,28-,32-,33-,34-,35-/m0/s1. The van der Waals surface area contributed by atoms with Gasteiger partial charge in [-0.25, -0.2) is 28.3 Å². The highest BCUT2D eigenvalue weighted by Gasteiger charge is 2.64. The molecule has 4 N–H and O–H groups in total. The molecule has 2 saturated heterocycles. The van der Waals surface area contributed by atoms with Crippen molar-refractivity contribution in [3.63, 3.8) is 0 Å². The van der Waals surface area contributed by atoms with Crippen LogP contribution in [0.3, 0.4) is 0 Å². The predicted octanol–water partition coefficient (Wildman–Crippen LogP) is 6.07. The number of aromatic nitrogens is 4. The summed E-state index contributed by atoms with van der Waals surface area (Å²) in [7, 11) is 2.47. The third kappa shape index (κ3) is 7.81. The average molecular weight is 799 g/mol. The first-order valence-corrected chi connectivity index (χ1v) is 19.6. The van der Waals surface area contributed by atoms with Gasteiger partial charge in [0.05, 0.1) is 48.9 Å². The Morgan fingerprint density at radius 3 is 2.17 bits per heavy atom. The summed E-state index contributed by atoms with van der Waals surface area (Å²) in [6, 6.07) is 9.38. The number of rotatable bonds is 9. The number of alkyl carbamates (subject to hydrolysis) is 2. The number of alkyl halides is 2. The van der Waals surface area contributed by atoms with Crippen LogP contribution in [0.25, 0.3) is 22.3 Å². The number of piperidine rings is 1. The third-order valence-electron chi connectivity index (χ3n) is 11.5. The molecule has 1 saturated carbocycles. The SMILES string of the molecule is COC(=O)N[C@H](C(=O)N1CCC[C@H]1c1nc(-c2ccc(C#Cc3ccc4[nH]c([C@@H]5[C@@H]6C[C@@H](CC6(F)F)N5C(=O)[C@@H](NC(=O)OC)C(C)C)nc4c3)cc2)c[nH]1)C(C)C. The minimum Gasteiger partial charge on any atom is -0.453 e. The zero-order valence-electron chi connectivity index (χ0n) is 33.3. The highest BCUT2D eigenvalue weighted by atomic mass is 19.3. The molecule has 3 fully saturated rings. The van der Waals surface area contributed by atoms with Crippen molar-refractivity contribution in [2.75, 3.05) is 20.8 Å². The highest BCUT2D eigenvalue weighted by molar-refractivity contribution is 5.88. The van der Waals surface area contributed by atoms with E-state index in [0.29, 0.717) is 29.0 Å². The van der Waals surface area contributed by atoms with Gasteiger partial charge in [-0.2, -0.15) is 0 Å². The number of imidazole rings is 2. The molecule has 16 heteroatoms. The number of carbonyl (C=O) groups is 4. The smallest absolute Gasteiger partial charge is 0.407 e. The molecule has 0 spiro atoms. The number of amides is 4. The average Bonchev–Trinajstić information content (AvgIpc) is 4.04. The van der Waals surface area contributed by atoms with Crippen molar-refractivity contribution in [3.8, 4) is 23.1 Å². The summed E-state index contributed by atoms with van der Waals surface area (Å²) in [5.41, 5.74) is 4.15. The summed E-state index contributed by atoms with van der Waals surface area (Å²) in [4.78, 5) is 70.7. The Bertz CT molecular complexity index is 2260. The molecule has 1 aliphatic carbocycles. The number of fused-ring (bicyclic) bond motifs is 3. The maximum Gasteiger partial charge on any atom is 0.407 e. The number of ether oxygens (including phenoxy) is 2. The largest absolute Gasteiger partial charge is 0.453 e. The number of H-pyrrole nitrogens is 2. The summed E-state index contributed by atoms with van der Waals surface area (Å²) in [5.74, 6) is 2.11. The van der Waals surface area contributed by atoms with E-state index in [4.69, 9.17) is 19.4 Å². The molecule has 2 aromatic heterocycles. The molecule has 306 valence electrons. The van der Waals surface area contributed by atoms with Gasteiger partial charge in [-0.3, -0.25) is 9.59 Å². The molecule has 58 heavy (non-hydrogen) atoms.